The average Bonchev–Trinajstić information content (AvgIpc) is 2.75. The first kappa shape index (κ1) is 11.9. The molecule has 2 rings (SSSR count). The SMILES string of the molecule is CCc1ccc(C(N)CN2CCOC2=O)cc1. The van der Waals surface area contributed by atoms with Crippen LogP contribution in [0.4, 0.5) is 4.79 Å². The number of nitrogens with two attached hydrogens (primary N) is 1. The second-order valence-electron chi connectivity index (χ2n) is 4.26. The number of hydrogen-bond acceptors (Lipinski definition) is 3. The van der Waals surface area contributed by atoms with Crippen molar-refractivity contribution in [1.29, 1.82) is 0 Å². The van der Waals surface area contributed by atoms with Gasteiger partial charge in [0.25, 0.3) is 0 Å². The summed E-state index contributed by atoms with van der Waals surface area (Å²) in [6, 6.07) is 8.08. The number of carbonyl (C=O) groups excluding carboxylic acids is 1. The predicted octanol–water partition coefficient (Wildman–Crippen LogP) is 1.70. The quantitative estimate of drug-likeness (QED) is 0.862. The van der Waals surface area contributed by atoms with Gasteiger partial charge in [0, 0.05) is 12.6 Å². The van der Waals surface area contributed by atoms with Crippen LogP contribution in [0.25, 0.3) is 0 Å². The molecule has 17 heavy (non-hydrogen) atoms. The molecule has 1 aromatic rings. The van der Waals surface area contributed by atoms with Gasteiger partial charge in [0.1, 0.15) is 6.61 Å². The van der Waals surface area contributed by atoms with Gasteiger partial charge < -0.3 is 15.4 Å². The Balaban J connectivity index is 1.98. The number of nitrogens with zero attached hydrogens (tertiary/aromatic N) is 1. The number of rotatable bonds is 4. The van der Waals surface area contributed by atoms with Crippen molar-refractivity contribution < 1.29 is 9.53 Å². The van der Waals surface area contributed by atoms with E-state index in [4.69, 9.17) is 10.5 Å². The molecule has 0 bridgehead atoms. The summed E-state index contributed by atoms with van der Waals surface area (Å²) in [6.45, 7) is 3.75. The number of cyclic esters (lactones) is 1. The van der Waals surface area contributed by atoms with E-state index in [0.29, 0.717) is 19.7 Å². The number of hydrogen-bond donors (Lipinski definition) is 1. The number of amides is 1. The normalized spacial score (nSPS) is 17.1. The molecule has 1 heterocycles. The van der Waals surface area contributed by atoms with E-state index in [2.05, 4.69) is 19.1 Å². The molecule has 0 saturated carbocycles. The van der Waals surface area contributed by atoms with Crippen molar-refractivity contribution in [2.75, 3.05) is 19.7 Å². The highest BCUT2D eigenvalue weighted by molar-refractivity contribution is 5.69. The van der Waals surface area contributed by atoms with Gasteiger partial charge in [-0.15, -0.1) is 0 Å². The van der Waals surface area contributed by atoms with Crippen LogP contribution in [0, 0.1) is 0 Å². The Bertz CT molecular complexity index is 389. The van der Waals surface area contributed by atoms with Crippen molar-refractivity contribution in [1.82, 2.24) is 4.90 Å². The van der Waals surface area contributed by atoms with E-state index in [1.165, 1.54) is 5.56 Å². The molecule has 1 aliphatic heterocycles. The topological polar surface area (TPSA) is 55.6 Å². The zero-order valence-electron chi connectivity index (χ0n) is 10.1. The van der Waals surface area contributed by atoms with Crippen molar-refractivity contribution in [2.24, 2.45) is 5.73 Å². The first-order valence-corrected chi connectivity index (χ1v) is 5.97. The molecular formula is C13H18N2O2. The van der Waals surface area contributed by atoms with Crippen LogP contribution in [0.15, 0.2) is 24.3 Å². The van der Waals surface area contributed by atoms with Gasteiger partial charge in [-0.1, -0.05) is 31.2 Å². The van der Waals surface area contributed by atoms with E-state index in [0.717, 1.165) is 12.0 Å². The number of ether oxygens (including phenoxy) is 1. The maximum Gasteiger partial charge on any atom is 0.410 e. The Kier molecular flexibility index (Phi) is 3.64. The van der Waals surface area contributed by atoms with E-state index < -0.39 is 0 Å². The maximum atomic E-state index is 11.3. The zero-order valence-corrected chi connectivity index (χ0v) is 10.1. The molecular weight excluding hydrogens is 216 g/mol. The molecule has 1 aliphatic rings. The molecule has 1 unspecified atom stereocenters. The third-order valence-electron chi connectivity index (χ3n) is 3.08. The smallest absolute Gasteiger partial charge is 0.410 e. The molecule has 1 saturated heterocycles. The number of carbonyl (C=O) groups is 1. The van der Waals surface area contributed by atoms with Crippen LogP contribution in [0.3, 0.4) is 0 Å². The molecule has 0 spiro atoms. The summed E-state index contributed by atoms with van der Waals surface area (Å²) < 4.78 is 4.87. The molecule has 0 aliphatic carbocycles. The molecule has 4 nitrogen and oxygen atoms in total. The maximum absolute atomic E-state index is 11.3. The van der Waals surface area contributed by atoms with Crippen molar-refractivity contribution in [3.05, 3.63) is 35.4 Å². The third kappa shape index (κ3) is 2.77. The Morgan fingerprint density at radius 1 is 1.41 bits per heavy atom. The van der Waals surface area contributed by atoms with Gasteiger partial charge >= 0.3 is 6.09 Å². The Morgan fingerprint density at radius 2 is 2.12 bits per heavy atom. The van der Waals surface area contributed by atoms with Crippen LogP contribution in [0.2, 0.25) is 0 Å². The van der Waals surface area contributed by atoms with E-state index in [9.17, 15) is 4.79 Å². The van der Waals surface area contributed by atoms with Crippen LogP contribution in [-0.4, -0.2) is 30.7 Å². The van der Waals surface area contributed by atoms with Gasteiger partial charge in [0.05, 0.1) is 6.54 Å². The van der Waals surface area contributed by atoms with Gasteiger partial charge in [-0.2, -0.15) is 0 Å². The molecule has 1 aromatic carbocycles. The van der Waals surface area contributed by atoms with Gasteiger partial charge in [-0.05, 0) is 17.5 Å². The summed E-state index contributed by atoms with van der Waals surface area (Å²) in [5, 5.41) is 0. The molecule has 1 atom stereocenters. The van der Waals surface area contributed by atoms with E-state index in [1.807, 2.05) is 12.1 Å². The average molecular weight is 234 g/mol. The fourth-order valence-electron chi connectivity index (χ4n) is 1.93. The minimum absolute atomic E-state index is 0.147. The molecule has 1 amide bonds. The third-order valence-corrected chi connectivity index (χ3v) is 3.08. The summed E-state index contributed by atoms with van der Waals surface area (Å²) in [5.74, 6) is 0. The summed E-state index contributed by atoms with van der Waals surface area (Å²) >= 11 is 0. The zero-order chi connectivity index (χ0) is 12.3. The molecule has 0 radical (unpaired) electrons. The number of benzene rings is 1. The van der Waals surface area contributed by atoms with E-state index in [-0.39, 0.29) is 12.1 Å². The largest absolute Gasteiger partial charge is 0.448 e. The Labute approximate surface area is 101 Å². The van der Waals surface area contributed by atoms with Gasteiger partial charge in [0.2, 0.25) is 0 Å². The summed E-state index contributed by atoms with van der Waals surface area (Å²) in [4.78, 5) is 12.9. The fourth-order valence-corrected chi connectivity index (χ4v) is 1.93. The van der Waals surface area contributed by atoms with Crippen molar-refractivity contribution >= 4 is 6.09 Å². The highest BCUT2D eigenvalue weighted by Crippen LogP contribution is 2.15. The highest BCUT2D eigenvalue weighted by Gasteiger charge is 2.24. The predicted molar refractivity (Wildman–Crippen MR) is 65.7 cm³/mol. The lowest BCUT2D eigenvalue weighted by atomic mass is 10.0. The molecule has 92 valence electrons. The standard InChI is InChI=1S/C13H18N2O2/c1-2-10-3-5-11(6-4-10)12(14)9-15-7-8-17-13(15)16/h3-6,12H,2,7-9,14H2,1H3. The second-order valence-corrected chi connectivity index (χ2v) is 4.26. The van der Waals surface area contributed by atoms with Gasteiger partial charge in [-0.25, -0.2) is 4.79 Å². The van der Waals surface area contributed by atoms with Crippen LogP contribution in [-0.2, 0) is 11.2 Å². The molecule has 0 aromatic heterocycles. The summed E-state index contributed by atoms with van der Waals surface area (Å²) in [7, 11) is 0. The lowest BCUT2D eigenvalue weighted by Crippen LogP contribution is -2.32. The van der Waals surface area contributed by atoms with Crippen LogP contribution in [0.1, 0.15) is 24.1 Å². The minimum atomic E-state index is -0.259. The summed E-state index contributed by atoms with van der Waals surface area (Å²) in [6.07, 6.45) is 0.763. The second kappa shape index (κ2) is 5.19. The van der Waals surface area contributed by atoms with Crippen LogP contribution >= 0.6 is 0 Å². The lowest BCUT2D eigenvalue weighted by Gasteiger charge is -2.18. The monoisotopic (exact) mass is 234 g/mol. The number of aryl methyl sites for hydroxylation is 1. The Morgan fingerprint density at radius 3 is 2.65 bits per heavy atom. The highest BCUT2D eigenvalue weighted by atomic mass is 16.6. The lowest BCUT2D eigenvalue weighted by molar-refractivity contribution is 0.157. The minimum Gasteiger partial charge on any atom is -0.448 e. The molecule has 2 N–H and O–H groups in total. The van der Waals surface area contributed by atoms with Crippen LogP contribution in [0.5, 0.6) is 0 Å². The Hall–Kier alpha value is -1.55. The first-order valence-electron chi connectivity index (χ1n) is 5.97. The van der Waals surface area contributed by atoms with Crippen LogP contribution < -0.4 is 5.73 Å². The first-order chi connectivity index (χ1) is 8.20. The van der Waals surface area contributed by atoms with E-state index >= 15 is 0 Å². The molecule has 1 fully saturated rings. The van der Waals surface area contributed by atoms with Crippen molar-refractivity contribution in [2.45, 2.75) is 19.4 Å². The van der Waals surface area contributed by atoms with Gasteiger partial charge in [0.15, 0.2) is 0 Å². The summed E-state index contributed by atoms with van der Waals surface area (Å²) in [5.41, 5.74) is 8.43. The fraction of sp³-hybridized carbons (Fsp3) is 0.462. The molecule has 4 heteroatoms. The van der Waals surface area contributed by atoms with E-state index in [1.54, 1.807) is 4.90 Å². The van der Waals surface area contributed by atoms with Gasteiger partial charge in [-0.3, -0.25) is 0 Å². The van der Waals surface area contributed by atoms with Crippen molar-refractivity contribution in [3.8, 4) is 0 Å². The van der Waals surface area contributed by atoms with Crippen molar-refractivity contribution in [3.63, 3.8) is 0 Å².